The summed E-state index contributed by atoms with van der Waals surface area (Å²) >= 11 is 0. The normalized spacial score (nSPS) is 11.7. The Kier molecular flexibility index (Phi) is 4.77. The molecule has 110 valence electrons. The Balaban J connectivity index is 2.24. The minimum absolute atomic E-state index is 0.0562. The number of hydrogen-bond donors (Lipinski definition) is 2. The summed E-state index contributed by atoms with van der Waals surface area (Å²) in [6.07, 6.45) is 3.32. The molecule has 0 bridgehead atoms. The summed E-state index contributed by atoms with van der Waals surface area (Å²) < 4.78 is 27.1. The van der Waals surface area contributed by atoms with Crippen LogP contribution in [0, 0.1) is 6.92 Å². The SMILES string of the molecule is Cc1ccc(S(=O)(=O)Nc2cccc(C=CCO)c2)cc1. The lowest BCUT2D eigenvalue weighted by molar-refractivity contribution is 0.343. The van der Waals surface area contributed by atoms with Crippen LogP contribution in [-0.2, 0) is 10.0 Å². The van der Waals surface area contributed by atoms with Crippen molar-refractivity contribution in [2.75, 3.05) is 11.3 Å². The van der Waals surface area contributed by atoms with Crippen LogP contribution in [0.1, 0.15) is 11.1 Å². The fraction of sp³-hybridized carbons (Fsp3) is 0.125. The number of anilines is 1. The fourth-order valence-corrected chi connectivity index (χ4v) is 2.88. The second-order valence-electron chi connectivity index (χ2n) is 4.63. The Labute approximate surface area is 124 Å². The third-order valence-corrected chi connectivity index (χ3v) is 4.28. The molecule has 2 N–H and O–H groups in total. The van der Waals surface area contributed by atoms with Crippen molar-refractivity contribution in [3.8, 4) is 0 Å². The minimum atomic E-state index is -3.59. The smallest absolute Gasteiger partial charge is 0.261 e. The highest BCUT2D eigenvalue weighted by Gasteiger charge is 2.13. The third-order valence-electron chi connectivity index (χ3n) is 2.89. The van der Waals surface area contributed by atoms with E-state index in [-0.39, 0.29) is 11.5 Å². The number of rotatable bonds is 5. The maximum atomic E-state index is 12.3. The molecule has 2 rings (SSSR count). The van der Waals surface area contributed by atoms with E-state index >= 15 is 0 Å². The first-order valence-corrected chi connectivity index (χ1v) is 7.96. The highest BCUT2D eigenvalue weighted by Crippen LogP contribution is 2.18. The molecule has 0 amide bonds. The van der Waals surface area contributed by atoms with Gasteiger partial charge in [-0.15, -0.1) is 0 Å². The fourth-order valence-electron chi connectivity index (χ4n) is 1.83. The van der Waals surface area contributed by atoms with E-state index in [1.807, 2.05) is 13.0 Å². The van der Waals surface area contributed by atoms with Crippen LogP contribution >= 0.6 is 0 Å². The van der Waals surface area contributed by atoms with Gasteiger partial charge in [0.2, 0.25) is 0 Å². The molecule has 0 saturated carbocycles. The molecule has 4 nitrogen and oxygen atoms in total. The van der Waals surface area contributed by atoms with Gasteiger partial charge in [-0.1, -0.05) is 42.0 Å². The van der Waals surface area contributed by atoms with E-state index in [4.69, 9.17) is 5.11 Å². The van der Waals surface area contributed by atoms with Gasteiger partial charge in [-0.25, -0.2) is 8.42 Å². The van der Waals surface area contributed by atoms with Crippen molar-refractivity contribution in [2.45, 2.75) is 11.8 Å². The monoisotopic (exact) mass is 303 g/mol. The van der Waals surface area contributed by atoms with E-state index in [1.54, 1.807) is 54.6 Å². The molecule has 0 aliphatic heterocycles. The van der Waals surface area contributed by atoms with Crippen molar-refractivity contribution in [1.29, 1.82) is 0 Å². The number of aryl methyl sites for hydroxylation is 1. The number of nitrogens with one attached hydrogen (secondary N) is 1. The molecule has 0 heterocycles. The quantitative estimate of drug-likeness (QED) is 0.892. The summed E-state index contributed by atoms with van der Waals surface area (Å²) in [5.74, 6) is 0. The molecule has 0 aromatic heterocycles. The topological polar surface area (TPSA) is 66.4 Å². The molecular weight excluding hydrogens is 286 g/mol. The van der Waals surface area contributed by atoms with Gasteiger partial charge in [0.25, 0.3) is 10.0 Å². The van der Waals surface area contributed by atoms with Gasteiger partial charge in [0.1, 0.15) is 0 Å². The van der Waals surface area contributed by atoms with Crippen LogP contribution in [0.5, 0.6) is 0 Å². The van der Waals surface area contributed by atoms with Gasteiger partial charge in [-0.2, -0.15) is 0 Å². The van der Waals surface area contributed by atoms with Crippen molar-refractivity contribution in [3.63, 3.8) is 0 Å². The Morgan fingerprint density at radius 1 is 1.14 bits per heavy atom. The average Bonchev–Trinajstić information content (AvgIpc) is 2.45. The Hall–Kier alpha value is -2.11. The zero-order valence-electron chi connectivity index (χ0n) is 11.7. The summed E-state index contributed by atoms with van der Waals surface area (Å²) in [6, 6.07) is 13.6. The molecule has 0 radical (unpaired) electrons. The van der Waals surface area contributed by atoms with Crippen LogP contribution in [0.3, 0.4) is 0 Å². The zero-order chi connectivity index (χ0) is 15.3. The van der Waals surface area contributed by atoms with Crippen molar-refractivity contribution in [2.24, 2.45) is 0 Å². The lowest BCUT2D eigenvalue weighted by atomic mass is 10.2. The van der Waals surface area contributed by atoms with Crippen LogP contribution in [0.25, 0.3) is 6.08 Å². The van der Waals surface area contributed by atoms with E-state index in [2.05, 4.69) is 4.72 Å². The summed E-state index contributed by atoms with van der Waals surface area (Å²) in [6.45, 7) is 1.85. The molecule has 5 heteroatoms. The van der Waals surface area contributed by atoms with E-state index in [0.29, 0.717) is 5.69 Å². The number of sulfonamides is 1. The Morgan fingerprint density at radius 3 is 2.52 bits per heavy atom. The van der Waals surface area contributed by atoms with E-state index in [1.165, 1.54) is 0 Å². The maximum Gasteiger partial charge on any atom is 0.261 e. The molecular formula is C16H17NO3S. The maximum absolute atomic E-state index is 12.3. The van der Waals surface area contributed by atoms with Gasteiger partial charge in [-0.3, -0.25) is 4.72 Å². The first-order chi connectivity index (χ1) is 10.0. The molecule has 0 fully saturated rings. The van der Waals surface area contributed by atoms with Gasteiger partial charge >= 0.3 is 0 Å². The minimum Gasteiger partial charge on any atom is -0.392 e. The van der Waals surface area contributed by atoms with Crippen molar-refractivity contribution < 1.29 is 13.5 Å². The first kappa shape index (κ1) is 15.3. The second-order valence-corrected chi connectivity index (χ2v) is 6.31. The summed E-state index contributed by atoms with van der Waals surface area (Å²) in [5, 5.41) is 8.76. The van der Waals surface area contributed by atoms with Gasteiger partial charge in [-0.05, 0) is 36.8 Å². The Bertz CT molecular complexity index is 734. The van der Waals surface area contributed by atoms with Crippen molar-refractivity contribution >= 4 is 21.8 Å². The summed E-state index contributed by atoms with van der Waals surface area (Å²) in [5.41, 5.74) is 2.30. The average molecular weight is 303 g/mol. The number of aliphatic hydroxyl groups is 1. The molecule has 2 aromatic carbocycles. The highest BCUT2D eigenvalue weighted by atomic mass is 32.2. The Morgan fingerprint density at radius 2 is 1.86 bits per heavy atom. The molecule has 0 unspecified atom stereocenters. The largest absolute Gasteiger partial charge is 0.392 e. The molecule has 0 aliphatic rings. The number of aliphatic hydroxyl groups excluding tert-OH is 1. The molecule has 0 atom stereocenters. The highest BCUT2D eigenvalue weighted by molar-refractivity contribution is 7.92. The van der Waals surface area contributed by atoms with Gasteiger partial charge in [0.05, 0.1) is 11.5 Å². The third kappa shape index (κ3) is 4.18. The molecule has 0 saturated heterocycles. The van der Waals surface area contributed by atoms with Gasteiger partial charge < -0.3 is 5.11 Å². The number of hydrogen-bond acceptors (Lipinski definition) is 3. The lowest BCUT2D eigenvalue weighted by Crippen LogP contribution is -2.12. The molecule has 0 spiro atoms. The molecule has 2 aromatic rings. The van der Waals surface area contributed by atoms with Crippen LogP contribution in [0.4, 0.5) is 5.69 Å². The number of benzene rings is 2. The van der Waals surface area contributed by atoms with Crippen LogP contribution in [0.2, 0.25) is 0 Å². The van der Waals surface area contributed by atoms with E-state index < -0.39 is 10.0 Å². The predicted octanol–water partition coefficient (Wildman–Crippen LogP) is 2.80. The summed E-state index contributed by atoms with van der Waals surface area (Å²) in [7, 11) is -3.59. The molecule has 0 aliphatic carbocycles. The predicted molar refractivity (Wildman–Crippen MR) is 84.5 cm³/mol. The standard InChI is InChI=1S/C16H17NO3S/c1-13-7-9-16(10-8-13)21(19,20)17-15-6-2-4-14(12-15)5-3-11-18/h2-10,12,17-18H,11H2,1H3. The van der Waals surface area contributed by atoms with Gasteiger partial charge in [0.15, 0.2) is 0 Å². The van der Waals surface area contributed by atoms with Crippen molar-refractivity contribution in [1.82, 2.24) is 0 Å². The first-order valence-electron chi connectivity index (χ1n) is 6.48. The van der Waals surface area contributed by atoms with E-state index in [0.717, 1.165) is 11.1 Å². The van der Waals surface area contributed by atoms with Crippen molar-refractivity contribution in [3.05, 3.63) is 65.7 Å². The second kappa shape index (κ2) is 6.56. The zero-order valence-corrected chi connectivity index (χ0v) is 12.5. The van der Waals surface area contributed by atoms with Gasteiger partial charge in [0, 0.05) is 5.69 Å². The van der Waals surface area contributed by atoms with E-state index in [9.17, 15) is 8.42 Å². The van der Waals surface area contributed by atoms with Crippen LogP contribution < -0.4 is 4.72 Å². The summed E-state index contributed by atoms with van der Waals surface area (Å²) in [4.78, 5) is 0.226. The van der Waals surface area contributed by atoms with Crippen LogP contribution in [-0.4, -0.2) is 20.1 Å². The lowest BCUT2D eigenvalue weighted by Gasteiger charge is -2.09. The van der Waals surface area contributed by atoms with Crippen LogP contribution in [0.15, 0.2) is 59.5 Å². The molecule has 21 heavy (non-hydrogen) atoms.